The number of amides is 2. The largest absolute Gasteiger partial charge is 0.353 e. The van der Waals surface area contributed by atoms with Gasteiger partial charge in [0.05, 0.1) is 13.1 Å². The molecular weight excluding hydrogens is 318 g/mol. The first-order valence-corrected chi connectivity index (χ1v) is 8.86. The Morgan fingerprint density at radius 3 is 2.40 bits per heavy atom. The maximum atomic E-state index is 12.5. The van der Waals surface area contributed by atoms with Gasteiger partial charge < -0.3 is 10.2 Å². The molecule has 0 spiro atoms. The normalized spacial score (nSPS) is 14.4. The van der Waals surface area contributed by atoms with E-state index in [2.05, 4.69) is 5.32 Å². The van der Waals surface area contributed by atoms with Crippen molar-refractivity contribution in [2.45, 2.75) is 39.7 Å². The van der Waals surface area contributed by atoms with Crippen LogP contribution < -0.4 is 10.2 Å². The van der Waals surface area contributed by atoms with E-state index in [4.69, 9.17) is 0 Å². The number of carbonyl (C=O) groups is 3. The van der Waals surface area contributed by atoms with Crippen LogP contribution in [-0.2, 0) is 9.59 Å². The predicted molar refractivity (Wildman–Crippen MR) is 97.8 cm³/mol. The molecule has 0 atom stereocenters. The number of hydrogen-bond donors (Lipinski definition) is 1. The molecule has 0 unspecified atom stereocenters. The molecule has 2 amide bonds. The molecule has 0 aromatic heterocycles. The second-order valence-corrected chi connectivity index (χ2v) is 6.64. The molecule has 0 aliphatic carbocycles. The smallest absolute Gasteiger partial charge is 0.234 e. The third-order valence-corrected chi connectivity index (χ3v) is 4.21. The summed E-state index contributed by atoms with van der Waals surface area (Å²) in [7, 11) is 0. The van der Waals surface area contributed by atoms with E-state index < -0.39 is 0 Å². The second-order valence-electron chi connectivity index (χ2n) is 6.64. The molecule has 0 bridgehead atoms. The van der Waals surface area contributed by atoms with Crippen molar-refractivity contribution in [3.63, 3.8) is 0 Å². The second kappa shape index (κ2) is 8.76. The third-order valence-electron chi connectivity index (χ3n) is 4.21. The van der Waals surface area contributed by atoms with Gasteiger partial charge in [0.15, 0.2) is 5.78 Å². The van der Waals surface area contributed by atoms with Gasteiger partial charge in [-0.05, 0) is 51.1 Å². The summed E-state index contributed by atoms with van der Waals surface area (Å²) in [6, 6.07) is 7.23. The Kier molecular flexibility index (Phi) is 6.70. The van der Waals surface area contributed by atoms with E-state index in [-0.39, 0.29) is 36.7 Å². The van der Waals surface area contributed by atoms with E-state index in [1.165, 1.54) is 0 Å². The van der Waals surface area contributed by atoms with Crippen LogP contribution in [-0.4, -0.2) is 54.7 Å². The van der Waals surface area contributed by atoms with Crippen molar-refractivity contribution in [1.29, 1.82) is 0 Å². The van der Waals surface area contributed by atoms with Gasteiger partial charge in [0.1, 0.15) is 0 Å². The van der Waals surface area contributed by atoms with E-state index >= 15 is 0 Å². The van der Waals surface area contributed by atoms with Gasteiger partial charge >= 0.3 is 0 Å². The molecule has 2 rings (SSSR count). The van der Waals surface area contributed by atoms with Crippen molar-refractivity contribution in [1.82, 2.24) is 10.2 Å². The molecule has 1 fully saturated rings. The van der Waals surface area contributed by atoms with Crippen molar-refractivity contribution in [2.75, 3.05) is 31.1 Å². The topological polar surface area (TPSA) is 69.7 Å². The molecule has 1 aromatic carbocycles. The molecule has 6 nitrogen and oxygen atoms in total. The van der Waals surface area contributed by atoms with Crippen LogP contribution in [0, 0.1) is 0 Å². The van der Waals surface area contributed by atoms with Gasteiger partial charge in [-0.2, -0.15) is 0 Å². The summed E-state index contributed by atoms with van der Waals surface area (Å²) in [4.78, 5) is 39.7. The summed E-state index contributed by atoms with van der Waals surface area (Å²) in [5, 5.41) is 2.83. The standard InChI is InChI=1S/C19H27N3O3/c1-4-21(13-18(24)20-14(2)3)12-17(23)15-7-9-16(10-8-15)22-11-5-6-19(22)25/h7-10,14H,4-6,11-13H2,1-3H3,(H,20,24). The molecule has 1 aromatic rings. The highest BCUT2D eigenvalue weighted by Crippen LogP contribution is 2.21. The van der Waals surface area contributed by atoms with Gasteiger partial charge in [-0.1, -0.05) is 6.92 Å². The number of rotatable bonds is 8. The molecule has 25 heavy (non-hydrogen) atoms. The van der Waals surface area contributed by atoms with Gasteiger partial charge in [-0.25, -0.2) is 0 Å². The van der Waals surface area contributed by atoms with Crippen molar-refractivity contribution in [3.8, 4) is 0 Å². The molecule has 1 heterocycles. The maximum absolute atomic E-state index is 12.5. The summed E-state index contributed by atoms with van der Waals surface area (Å²) in [6.45, 7) is 7.51. The van der Waals surface area contributed by atoms with Gasteiger partial charge in [0, 0.05) is 30.3 Å². The summed E-state index contributed by atoms with van der Waals surface area (Å²) >= 11 is 0. The zero-order chi connectivity index (χ0) is 18.4. The first-order valence-electron chi connectivity index (χ1n) is 8.86. The van der Waals surface area contributed by atoms with Gasteiger partial charge in [0.2, 0.25) is 11.8 Å². The lowest BCUT2D eigenvalue weighted by Crippen LogP contribution is -2.41. The predicted octanol–water partition coefficient (Wildman–Crippen LogP) is 1.84. The highest BCUT2D eigenvalue weighted by molar-refractivity contribution is 5.99. The molecule has 6 heteroatoms. The van der Waals surface area contributed by atoms with E-state index in [0.29, 0.717) is 18.5 Å². The zero-order valence-electron chi connectivity index (χ0n) is 15.2. The van der Waals surface area contributed by atoms with Gasteiger partial charge in [-0.15, -0.1) is 0 Å². The average Bonchev–Trinajstić information content (AvgIpc) is 2.99. The molecule has 1 saturated heterocycles. The van der Waals surface area contributed by atoms with Crippen LogP contribution in [0.25, 0.3) is 0 Å². The molecule has 0 saturated carbocycles. The fourth-order valence-corrected chi connectivity index (χ4v) is 2.89. The average molecular weight is 345 g/mol. The fraction of sp³-hybridized carbons (Fsp3) is 0.526. The van der Waals surface area contributed by atoms with Gasteiger partial charge in [0.25, 0.3) is 0 Å². The van der Waals surface area contributed by atoms with E-state index in [0.717, 1.165) is 18.7 Å². The Hall–Kier alpha value is -2.21. The minimum absolute atomic E-state index is 0.0292. The molecule has 1 aliphatic heterocycles. The highest BCUT2D eigenvalue weighted by Gasteiger charge is 2.22. The van der Waals surface area contributed by atoms with Crippen LogP contribution >= 0.6 is 0 Å². The van der Waals surface area contributed by atoms with Crippen LogP contribution in [0.2, 0.25) is 0 Å². The van der Waals surface area contributed by atoms with Crippen LogP contribution in [0.4, 0.5) is 5.69 Å². The maximum Gasteiger partial charge on any atom is 0.234 e. The Labute approximate surface area is 149 Å². The first-order chi connectivity index (χ1) is 11.9. The van der Waals surface area contributed by atoms with Crippen LogP contribution in [0.5, 0.6) is 0 Å². The third kappa shape index (κ3) is 5.39. The lowest BCUT2D eigenvalue weighted by atomic mass is 10.1. The number of anilines is 1. The number of Topliss-reactive ketones (excluding diaryl/α,β-unsaturated/α-hetero) is 1. The van der Waals surface area contributed by atoms with Crippen LogP contribution in [0.1, 0.15) is 44.0 Å². The number of hydrogen-bond acceptors (Lipinski definition) is 4. The first kappa shape index (κ1) is 19.1. The lowest BCUT2D eigenvalue weighted by molar-refractivity contribution is -0.122. The summed E-state index contributed by atoms with van der Waals surface area (Å²) in [5.74, 6) is 0.0263. The Morgan fingerprint density at radius 1 is 1.20 bits per heavy atom. The van der Waals surface area contributed by atoms with Crippen molar-refractivity contribution >= 4 is 23.3 Å². The number of nitrogens with one attached hydrogen (secondary N) is 1. The van der Waals surface area contributed by atoms with Crippen molar-refractivity contribution in [2.24, 2.45) is 0 Å². The van der Waals surface area contributed by atoms with Crippen molar-refractivity contribution < 1.29 is 14.4 Å². The van der Waals surface area contributed by atoms with E-state index in [9.17, 15) is 14.4 Å². The number of likely N-dealkylation sites (N-methyl/N-ethyl adjacent to an activating group) is 1. The summed E-state index contributed by atoms with van der Waals surface area (Å²) in [5.41, 5.74) is 1.43. The molecular formula is C19H27N3O3. The molecule has 0 radical (unpaired) electrons. The molecule has 1 N–H and O–H groups in total. The highest BCUT2D eigenvalue weighted by atomic mass is 16.2. The lowest BCUT2D eigenvalue weighted by Gasteiger charge is -2.20. The minimum Gasteiger partial charge on any atom is -0.353 e. The number of ketones is 1. The van der Waals surface area contributed by atoms with E-state index in [1.807, 2.05) is 37.8 Å². The Bertz CT molecular complexity index is 625. The number of carbonyl (C=O) groups excluding carboxylic acids is 3. The fourth-order valence-electron chi connectivity index (χ4n) is 2.89. The van der Waals surface area contributed by atoms with E-state index in [1.54, 1.807) is 17.0 Å². The molecule has 1 aliphatic rings. The minimum atomic E-state index is -0.0763. The summed E-state index contributed by atoms with van der Waals surface area (Å²) < 4.78 is 0. The quantitative estimate of drug-likeness (QED) is 0.730. The SMILES string of the molecule is CCN(CC(=O)NC(C)C)CC(=O)c1ccc(N2CCCC2=O)cc1. The monoisotopic (exact) mass is 345 g/mol. The zero-order valence-corrected chi connectivity index (χ0v) is 15.2. The Morgan fingerprint density at radius 2 is 1.88 bits per heavy atom. The van der Waals surface area contributed by atoms with Gasteiger partial charge in [-0.3, -0.25) is 19.3 Å². The van der Waals surface area contributed by atoms with Crippen LogP contribution in [0.15, 0.2) is 24.3 Å². The van der Waals surface area contributed by atoms with Crippen LogP contribution in [0.3, 0.4) is 0 Å². The number of nitrogens with zero attached hydrogens (tertiary/aromatic N) is 2. The number of benzene rings is 1. The molecule has 136 valence electrons. The van der Waals surface area contributed by atoms with Crippen molar-refractivity contribution in [3.05, 3.63) is 29.8 Å². The Balaban J connectivity index is 1.95. The summed E-state index contributed by atoms with van der Waals surface area (Å²) in [6.07, 6.45) is 1.47.